The Hall–Kier alpha value is -2.82. The van der Waals surface area contributed by atoms with Gasteiger partial charge in [0.1, 0.15) is 11.5 Å². The van der Waals surface area contributed by atoms with Gasteiger partial charge < -0.3 is 9.84 Å². The summed E-state index contributed by atoms with van der Waals surface area (Å²) in [7, 11) is 1.58. The van der Waals surface area contributed by atoms with E-state index in [1.165, 1.54) is 6.21 Å². The average molecular weight is 284 g/mol. The number of benzene rings is 2. The number of aromatic hydroxyl groups is 1. The van der Waals surface area contributed by atoms with Gasteiger partial charge in [0.2, 0.25) is 5.91 Å². The summed E-state index contributed by atoms with van der Waals surface area (Å²) in [5.41, 5.74) is 4.10. The summed E-state index contributed by atoms with van der Waals surface area (Å²) in [4.78, 5) is 11.8. The zero-order valence-corrected chi connectivity index (χ0v) is 11.6. The molecule has 0 unspecified atom stereocenters. The number of carbonyl (C=O) groups excluding carboxylic acids is 1. The molecule has 0 radical (unpaired) electrons. The van der Waals surface area contributed by atoms with Gasteiger partial charge in [0.25, 0.3) is 0 Å². The lowest BCUT2D eigenvalue weighted by Crippen LogP contribution is -2.19. The van der Waals surface area contributed by atoms with Gasteiger partial charge in [-0.3, -0.25) is 4.79 Å². The molecule has 2 aromatic rings. The molecule has 21 heavy (non-hydrogen) atoms. The molecule has 0 aliphatic rings. The number of ether oxygens (including phenoxy) is 1. The summed E-state index contributed by atoms with van der Waals surface area (Å²) >= 11 is 0. The Morgan fingerprint density at radius 2 is 2.05 bits per heavy atom. The van der Waals surface area contributed by atoms with E-state index in [0.29, 0.717) is 5.75 Å². The number of nitrogens with zero attached hydrogens (tertiary/aromatic N) is 1. The second-order valence-electron chi connectivity index (χ2n) is 4.41. The molecule has 1 amide bonds. The molecule has 5 nitrogen and oxygen atoms in total. The topological polar surface area (TPSA) is 70.9 Å². The van der Waals surface area contributed by atoms with E-state index in [1.54, 1.807) is 31.4 Å². The third-order valence-corrected chi connectivity index (χ3v) is 2.79. The SMILES string of the molecule is COc1cccc(CC(=O)NN=Cc2ccc(O)cc2)c1. The maximum Gasteiger partial charge on any atom is 0.244 e. The monoisotopic (exact) mass is 284 g/mol. The van der Waals surface area contributed by atoms with Crippen LogP contribution in [0.3, 0.4) is 0 Å². The maximum absolute atomic E-state index is 11.8. The highest BCUT2D eigenvalue weighted by molar-refractivity contribution is 5.83. The number of amides is 1. The Morgan fingerprint density at radius 3 is 2.76 bits per heavy atom. The van der Waals surface area contributed by atoms with Crippen LogP contribution in [0.2, 0.25) is 0 Å². The normalized spacial score (nSPS) is 10.5. The van der Waals surface area contributed by atoms with Gasteiger partial charge in [0, 0.05) is 0 Å². The zero-order chi connectivity index (χ0) is 15.1. The molecule has 0 spiro atoms. The summed E-state index contributed by atoms with van der Waals surface area (Å²) in [6, 6.07) is 13.8. The van der Waals surface area contributed by atoms with Crippen LogP contribution < -0.4 is 10.2 Å². The van der Waals surface area contributed by atoms with Crippen molar-refractivity contribution in [3.8, 4) is 11.5 Å². The van der Waals surface area contributed by atoms with Crippen molar-refractivity contribution in [1.29, 1.82) is 0 Å². The van der Waals surface area contributed by atoms with E-state index in [9.17, 15) is 4.79 Å². The number of phenolic OH excluding ortho intramolecular Hbond substituents is 1. The molecule has 0 aliphatic carbocycles. The van der Waals surface area contributed by atoms with Crippen LogP contribution in [0.25, 0.3) is 0 Å². The lowest BCUT2D eigenvalue weighted by atomic mass is 10.1. The minimum Gasteiger partial charge on any atom is -0.508 e. The van der Waals surface area contributed by atoms with Crippen molar-refractivity contribution in [1.82, 2.24) is 5.43 Å². The smallest absolute Gasteiger partial charge is 0.244 e. The number of methoxy groups -OCH3 is 1. The minimum atomic E-state index is -0.210. The van der Waals surface area contributed by atoms with E-state index in [2.05, 4.69) is 10.5 Å². The molecular formula is C16H16N2O3. The van der Waals surface area contributed by atoms with E-state index in [0.717, 1.165) is 11.1 Å². The molecule has 0 atom stereocenters. The first-order chi connectivity index (χ1) is 10.2. The number of hydrogen-bond donors (Lipinski definition) is 2. The average Bonchev–Trinajstić information content (AvgIpc) is 2.49. The molecule has 108 valence electrons. The van der Waals surface area contributed by atoms with E-state index in [-0.39, 0.29) is 18.1 Å². The number of hydrazone groups is 1. The number of carbonyl (C=O) groups is 1. The molecule has 0 heterocycles. The van der Waals surface area contributed by atoms with Gasteiger partial charge >= 0.3 is 0 Å². The Labute approximate surface area is 122 Å². The lowest BCUT2D eigenvalue weighted by Gasteiger charge is -2.03. The van der Waals surface area contributed by atoms with Crippen molar-refractivity contribution in [2.45, 2.75) is 6.42 Å². The summed E-state index contributed by atoms with van der Waals surface area (Å²) in [5.74, 6) is 0.695. The van der Waals surface area contributed by atoms with Crippen molar-refractivity contribution in [2.24, 2.45) is 5.10 Å². The Bertz CT molecular complexity index is 636. The van der Waals surface area contributed by atoms with Crippen molar-refractivity contribution in [3.05, 3.63) is 59.7 Å². The van der Waals surface area contributed by atoms with Crippen molar-refractivity contribution >= 4 is 12.1 Å². The quantitative estimate of drug-likeness (QED) is 0.652. The van der Waals surface area contributed by atoms with Crippen LogP contribution in [0.5, 0.6) is 11.5 Å². The highest BCUT2D eigenvalue weighted by Gasteiger charge is 2.03. The fourth-order valence-electron chi connectivity index (χ4n) is 1.75. The zero-order valence-electron chi connectivity index (χ0n) is 11.6. The van der Waals surface area contributed by atoms with Gasteiger partial charge in [-0.2, -0.15) is 5.10 Å². The summed E-state index contributed by atoms with van der Waals surface area (Å²) in [6.07, 6.45) is 1.74. The standard InChI is InChI=1S/C16H16N2O3/c1-21-15-4-2-3-13(9-15)10-16(20)18-17-11-12-5-7-14(19)8-6-12/h2-9,11,19H,10H2,1H3,(H,18,20). The maximum atomic E-state index is 11.8. The van der Waals surface area contributed by atoms with Gasteiger partial charge in [-0.1, -0.05) is 12.1 Å². The molecule has 0 aliphatic heterocycles. The molecule has 5 heteroatoms. The van der Waals surface area contributed by atoms with Crippen molar-refractivity contribution in [2.75, 3.05) is 7.11 Å². The van der Waals surface area contributed by atoms with Crippen LogP contribution in [-0.2, 0) is 11.2 Å². The fraction of sp³-hybridized carbons (Fsp3) is 0.125. The summed E-state index contributed by atoms with van der Waals surface area (Å²) in [5, 5.41) is 13.0. The third-order valence-electron chi connectivity index (χ3n) is 2.79. The first-order valence-corrected chi connectivity index (χ1v) is 6.41. The molecule has 2 rings (SSSR count). The molecular weight excluding hydrogens is 268 g/mol. The highest BCUT2D eigenvalue weighted by atomic mass is 16.5. The van der Waals surface area contributed by atoms with Crippen LogP contribution in [-0.4, -0.2) is 24.3 Å². The summed E-state index contributed by atoms with van der Waals surface area (Å²) < 4.78 is 5.10. The lowest BCUT2D eigenvalue weighted by molar-refractivity contribution is -0.120. The van der Waals surface area contributed by atoms with E-state index < -0.39 is 0 Å². The van der Waals surface area contributed by atoms with Crippen molar-refractivity contribution < 1.29 is 14.6 Å². The molecule has 0 bridgehead atoms. The van der Waals surface area contributed by atoms with E-state index in [1.807, 2.05) is 24.3 Å². The van der Waals surface area contributed by atoms with Crippen LogP contribution >= 0.6 is 0 Å². The van der Waals surface area contributed by atoms with E-state index >= 15 is 0 Å². The Morgan fingerprint density at radius 1 is 1.29 bits per heavy atom. The number of hydrogen-bond acceptors (Lipinski definition) is 4. The van der Waals surface area contributed by atoms with Gasteiger partial charge in [0.15, 0.2) is 0 Å². The van der Waals surface area contributed by atoms with Crippen LogP contribution in [0.4, 0.5) is 0 Å². The fourth-order valence-corrected chi connectivity index (χ4v) is 1.75. The van der Waals surface area contributed by atoms with Crippen LogP contribution in [0, 0.1) is 0 Å². The molecule has 0 saturated carbocycles. The highest BCUT2D eigenvalue weighted by Crippen LogP contribution is 2.12. The molecule has 0 aromatic heterocycles. The molecule has 2 aromatic carbocycles. The largest absolute Gasteiger partial charge is 0.508 e. The second kappa shape index (κ2) is 7.09. The summed E-state index contributed by atoms with van der Waals surface area (Å²) in [6.45, 7) is 0. The van der Waals surface area contributed by atoms with Crippen LogP contribution in [0.15, 0.2) is 53.6 Å². The second-order valence-corrected chi connectivity index (χ2v) is 4.41. The number of phenols is 1. The number of nitrogens with one attached hydrogen (secondary N) is 1. The first-order valence-electron chi connectivity index (χ1n) is 6.41. The Balaban J connectivity index is 1.88. The van der Waals surface area contributed by atoms with Crippen molar-refractivity contribution in [3.63, 3.8) is 0 Å². The predicted octanol–water partition coefficient (Wildman–Crippen LogP) is 2.09. The van der Waals surface area contributed by atoms with Gasteiger partial charge in [-0.25, -0.2) is 5.43 Å². The van der Waals surface area contributed by atoms with E-state index in [4.69, 9.17) is 9.84 Å². The molecule has 0 fully saturated rings. The first kappa shape index (κ1) is 14.6. The Kier molecular flexibility index (Phi) is 4.93. The predicted molar refractivity (Wildman–Crippen MR) is 80.5 cm³/mol. The number of rotatable bonds is 5. The molecule has 0 saturated heterocycles. The minimum absolute atomic E-state index is 0.189. The van der Waals surface area contributed by atoms with Gasteiger partial charge in [0.05, 0.1) is 19.7 Å². The third kappa shape index (κ3) is 4.65. The van der Waals surface area contributed by atoms with Gasteiger partial charge in [-0.05, 0) is 47.5 Å². The van der Waals surface area contributed by atoms with Gasteiger partial charge in [-0.15, -0.1) is 0 Å². The van der Waals surface area contributed by atoms with Crippen LogP contribution in [0.1, 0.15) is 11.1 Å². The molecule has 2 N–H and O–H groups in total.